The van der Waals surface area contributed by atoms with Gasteiger partial charge in [-0.2, -0.15) is 0 Å². The Morgan fingerprint density at radius 2 is 1.62 bits per heavy atom. The maximum atomic E-state index is 12.8. The van der Waals surface area contributed by atoms with Gasteiger partial charge in [-0.25, -0.2) is 13.1 Å². The Morgan fingerprint density at radius 1 is 0.865 bits per heavy atom. The first-order valence-corrected chi connectivity index (χ1v) is 12.3. The molecule has 2 amide bonds. The summed E-state index contributed by atoms with van der Waals surface area (Å²) in [6.45, 7) is 0.216. The van der Waals surface area contributed by atoms with Crippen LogP contribution in [0.15, 0.2) is 101 Å². The molecule has 12 heteroatoms. The summed E-state index contributed by atoms with van der Waals surface area (Å²) in [4.78, 5) is 36.2. The van der Waals surface area contributed by atoms with Gasteiger partial charge in [0.05, 0.1) is 22.6 Å². The van der Waals surface area contributed by atoms with Crippen molar-refractivity contribution in [3.8, 4) is 0 Å². The summed E-state index contributed by atoms with van der Waals surface area (Å²) in [7, 11) is -4.09. The van der Waals surface area contributed by atoms with Crippen LogP contribution >= 0.6 is 0 Å². The Morgan fingerprint density at radius 3 is 2.32 bits per heavy atom. The normalized spacial score (nSPS) is 10.9. The summed E-state index contributed by atoms with van der Waals surface area (Å²) >= 11 is 0. The molecule has 0 radical (unpaired) electrons. The van der Waals surface area contributed by atoms with Crippen molar-refractivity contribution in [1.82, 2.24) is 4.72 Å². The minimum Gasteiger partial charge on any atom is -0.467 e. The number of nitrogens with one attached hydrogen (secondary N) is 3. The highest BCUT2D eigenvalue weighted by atomic mass is 32.2. The number of rotatable bonds is 9. The molecule has 4 aromatic rings. The maximum Gasteiger partial charge on any atom is 0.293 e. The average molecular weight is 521 g/mol. The first kappa shape index (κ1) is 25.1. The predicted molar refractivity (Wildman–Crippen MR) is 135 cm³/mol. The second kappa shape index (κ2) is 10.7. The molecule has 0 spiro atoms. The lowest BCUT2D eigenvalue weighted by molar-refractivity contribution is -0.384. The minimum atomic E-state index is -4.09. The molecule has 3 N–H and O–H groups in total. The Bertz CT molecular complexity index is 1550. The van der Waals surface area contributed by atoms with Crippen molar-refractivity contribution in [3.63, 3.8) is 0 Å². The van der Waals surface area contributed by atoms with E-state index in [4.69, 9.17) is 4.42 Å². The fraction of sp³-hybridized carbons (Fsp3) is 0.0400. The van der Waals surface area contributed by atoms with Gasteiger partial charge in [0.15, 0.2) is 0 Å². The lowest BCUT2D eigenvalue weighted by atomic mass is 10.1. The predicted octanol–water partition coefficient (Wildman–Crippen LogP) is 4.17. The summed E-state index contributed by atoms with van der Waals surface area (Å²) in [5, 5.41) is 17.0. The van der Waals surface area contributed by atoms with E-state index in [1.165, 1.54) is 66.9 Å². The molecule has 3 aromatic carbocycles. The highest BCUT2D eigenvalue weighted by molar-refractivity contribution is 7.90. The van der Waals surface area contributed by atoms with Gasteiger partial charge in [0.1, 0.15) is 11.4 Å². The number of amides is 2. The van der Waals surface area contributed by atoms with Crippen molar-refractivity contribution in [3.05, 3.63) is 118 Å². The van der Waals surface area contributed by atoms with Crippen LogP contribution < -0.4 is 15.4 Å². The van der Waals surface area contributed by atoms with E-state index in [1.807, 2.05) is 4.72 Å². The monoisotopic (exact) mass is 520 g/mol. The summed E-state index contributed by atoms with van der Waals surface area (Å²) in [6.07, 6.45) is 1.49. The quantitative estimate of drug-likeness (QED) is 0.219. The highest BCUT2D eigenvalue weighted by Gasteiger charge is 2.20. The number of carbonyl (C=O) groups is 2. The summed E-state index contributed by atoms with van der Waals surface area (Å²) in [5.41, 5.74) is 0.0876. The van der Waals surface area contributed by atoms with Crippen LogP contribution in [0.5, 0.6) is 0 Å². The first-order chi connectivity index (χ1) is 17.7. The van der Waals surface area contributed by atoms with E-state index in [1.54, 1.807) is 18.2 Å². The van der Waals surface area contributed by atoms with Crippen LogP contribution in [0.2, 0.25) is 0 Å². The Balaban J connectivity index is 1.47. The third-order valence-corrected chi connectivity index (χ3v) is 6.50. The number of nitrogens with zero attached hydrogens (tertiary/aromatic N) is 1. The molecular weight excluding hydrogens is 500 g/mol. The van der Waals surface area contributed by atoms with Crippen LogP contribution in [0, 0.1) is 10.1 Å². The van der Waals surface area contributed by atoms with Crippen molar-refractivity contribution < 1.29 is 27.3 Å². The van der Waals surface area contributed by atoms with Crippen LogP contribution in [0.1, 0.15) is 26.5 Å². The van der Waals surface area contributed by atoms with Gasteiger partial charge in [0, 0.05) is 22.9 Å². The molecule has 0 atom stereocenters. The maximum absolute atomic E-state index is 12.8. The Kier molecular flexibility index (Phi) is 7.30. The molecule has 0 aliphatic rings. The van der Waals surface area contributed by atoms with Gasteiger partial charge in [-0.3, -0.25) is 19.7 Å². The molecule has 37 heavy (non-hydrogen) atoms. The van der Waals surface area contributed by atoms with E-state index in [0.29, 0.717) is 5.76 Å². The van der Waals surface area contributed by atoms with Crippen molar-refractivity contribution in [1.29, 1.82) is 0 Å². The van der Waals surface area contributed by atoms with E-state index >= 15 is 0 Å². The Labute approximate surface area is 211 Å². The van der Waals surface area contributed by atoms with Crippen LogP contribution in [0.25, 0.3) is 0 Å². The number of sulfonamides is 1. The SMILES string of the molecule is O=C(Nc1cccc(C(=O)NS(=O)(=O)c2ccccc2)c1)c1ccc(NCc2ccco2)c([N+](=O)[O-])c1. The largest absolute Gasteiger partial charge is 0.467 e. The molecule has 4 rings (SSSR count). The van der Waals surface area contributed by atoms with Gasteiger partial charge in [-0.05, 0) is 54.6 Å². The number of nitro groups is 1. The van der Waals surface area contributed by atoms with E-state index in [9.17, 15) is 28.1 Å². The minimum absolute atomic E-state index is 0.0109. The lowest BCUT2D eigenvalue weighted by Gasteiger charge is -2.10. The lowest BCUT2D eigenvalue weighted by Crippen LogP contribution is -2.30. The number of nitro benzene ring substituents is 1. The molecule has 11 nitrogen and oxygen atoms in total. The first-order valence-electron chi connectivity index (χ1n) is 10.8. The molecular formula is C25H20N4O7S. The van der Waals surface area contributed by atoms with Gasteiger partial charge in [-0.1, -0.05) is 24.3 Å². The van der Waals surface area contributed by atoms with Crippen molar-refractivity contribution >= 4 is 38.9 Å². The molecule has 0 fully saturated rings. The van der Waals surface area contributed by atoms with Crippen LogP contribution in [0.4, 0.5) is 17.1 Å². The molecule has 0 aliphatic heterocycles. The smallest absolute Gasteiger partial charge is 0.293 e. The average Bonchev–Trinajstić information content (AvgIpc) is 3.41. The van der Waals surface area contributed by atoms with Crippen LogP contribution in [-0.4, -0.2) is 25.2 Å². The molecule has 1 heterocycles. The van der Waals surface area contributed by atoms with Gasteiger partial charge in [-0.15, -0.1) is 0 Å². The molecule has 1 aromatic heterocycles. The number of hydrogen-bond donors (Lipinski definition) is 3. The van der Waals surface area contributed by atoms with Crippen LogP contribution in [0.3, 0.4) is 0 Å². The zero-order valence-electron chi connectivity index (χ0n) is 19.1. The van der Waals surface area contributed by atoms with Crippen molar-refractivity contribution in [2.24, 2.45) is 0 Å². The van der Waals surface area contributed by atoms with Crippen LogP contribution in [-0.2, 0) is 16.6 Å². The second-order valence-corrected chi connectivity index (χ2v) is 9.39. The van der Waals surface area contributed by atoms with E-state index in [-0.39, 0.29) is 39.6 Å². The van der Waals surface area contributed by atoms with Crippen molar-refractivity contribution in [2.45, 2.75) is 11.4 Å². The number of carbonyl (C=O) groups excluding carboxylic acids is 2. The van der Waals surface area contributed by atoms with Crippen molar-refractivity contribution in [2.75, 3.05) is 10.6 Å². The third-order valence-electron chi connectivity index (χ3n) is 5.15. The summed E-state index contributed by atoms with van der Waals surface area (Å²) in [6, 6.07) is 20.4. The standard InChI is InChI=1S/C25H20N4O7S/c30-24(18-11-12-22(23(15-18)29(32)33)26-16-20-8-5-13-36-20)27-19-7-4-6-17(14-19)25(31)28-37(34,35)21-9-2-1-3-10-21/h1-15,26H,16H2,(H,27,30)(H,28,31). The molecule has 0 saturated carbocycles. The van der Waals surface area contributed by atoms with E-state index in [0.717, 1.165) is 6.07 Å². The molecule has 0 bridgehead atoms. The number of benzene rings is 3. The summed E-state index contributed by atoms with van der Waals surface area (Å²) < 4.78 is 32.0. The molecule has 0 unspecified atom stereocenters. The number of furan rings is 1. The van der Waals surface area contributed by atoms with E-state index in [2.05, 4.69) is 10.6 Å². The summed E-state index contributed by atoms with van der Waals surface area (Å²) in [5.74, 6) is -0.964. The van der Waals surface area contributed by atoms with E-state index < -0.39 is 26.8 Å². The molecule has 0 saturated heterocycles. The fourth-order valence-corrected chi connectivity index (χ4v) is 4.35. The zero-order chi connectivity index (χ0) is 26.4. The Hall–Kier alpha value is -4.97. The third kappa shape index (κ3) is 6.18. The second-order valence-electron chi connectivity index (χ2n) is 7.70. The highest BCUT2D eigenvalue weighted by Crippen LogP contribution is 2.27. The fourth-order valence-electron chi connectivity index (χ4n) is 3.35. The van der Waals surface area contributed by atoms with Gasteiger partial charge in [0.2, 0.25) is 0 Å². The number of hydrogen-bond acceptors (Lipinski definition) is 8. The van der Waals surface area contributed by atoms with Gasteiger partial charge in [0.25, 0.3) is 27.5 Å². The molecule has 0 aliphatic carbocycles. The molecule has 188 valence electrons. The van der Waals surface area contributed by atoms with Gasteiger partial charge < -0.3 is 15.1 Å². The number of anilines is 2. The zero-order valence-corrected chi connectivity index (χ0v) is 19.9. The van der Waals surface area contributed by atoms with Gasteiger partial charge >= 0.3 is 0 Å². The topological polar surface area (TPSA) is 161 Å².